The van der Waals surface area contributed by atoms with Crippen LogP contribution in [0.4, 0.5) is 0 Å². The summed E-state index contributed by atoms with van der Waals surface area (Å²) >= 11 is 0. The van der Waals surface area contributed by atoms with Gasteiger partial charge in [-0.05, 0) is 75.5 Å². The molecule has 2 aromatic carbocycles. The zero-order valence-corrected chi connectivity index (χ0v) is 17.9. The summed E-state index contributed by atoms with van der Waals surface area (Å²) in [5.74, 6) is 0.856. The van der Waals surface area contributed by atoms with E-state index in [4.69, 9.17) is 4.74 Å². The predicted molar refractivity (Wildman–Crippen MR) is 116 cm³/mol. The third-order valence-electron chi connectivity index (χ3n) is 5.14. The molecule has 2 aromatic rings. The van der Waals surface area contributed by atoms with Gasteiger partial charge in [0.15, 0.2) is 0 Å². The fraction of sp³-hybridized carbons (Fsp3) is 0.458. The minimum Gasteiger partial charge on any atom is -0.497 e. The Morgan fingerprint density at radius 3 is 2.14 bits per heavy atom. The first-order chi connectivity index (χ1) is 13.4. The van der Waals surface area contributed by atoms with E-state index in [0.29, 0.717) is 11.6 Å². The number of rotatable bonds is 10. The van der Waals surface area contributed by atoms with Crippen molar-refractivity contribution in [2.45, 2.75) is 59.2 Å². The molecule has 0 saturated carbocycles. The molecule has 0 bridgehead atoms. The lowest BCUT2D eigenvalue weighted by molar-refractivity contribution is 0.0938. The van der Waals surface area contributed by atoms with Crippen LogP contribution in [0.25, 0.3) is 0 Å². The average molecular weight is 383 g/mol. The van der Waals surface area contributed by atoms with Gasteiger partial charge in [0.2, 0.25) is 0 Å². The number of carbonyl (C=O) groups is 1. The van der Waals surface area contributed by atoms with Crippen LogP contribution in [0.5, 0.6) is 5.75 Å². The van der Waals surface area contributed by atoms with E-state index in [1.165, 1.54) is 11.1 Å². The zero-order chi connectivity index (χ0) is 20.5. The maximum atomic E-state index is 12.5. The van der Waals surface area contributed by atoms with Crippen molar-refractivity contribution in [2.24, 2.45) is 0 Å². The van der Waals surface area contributed by atoms with Crippen LogP contribution in [-0.4, -0.2) is 36.5 Å². The van der Waals surface area contributed by atoms with Crippen LogP contribution in [0, 0.1) is 0 Å². The lowest BCUT2D eigenvalue weighted by atomic mass is 10.1. The average Bonchev–Trinajstić information content (AvgIpc) is 2.71. The van der Waals surface area contributed by atoms with E-state index in [2.05, 4.69) is 62.2 Å². The molecular weight excluding hydrogens is 348 g/mol. The molecule has 0 heterocycles. The highest BCUT2D eigenvalue weighted by Crippen LogP contribution is 2.14. The molecule has 4 nitrogen and oxygen atoms in total. The summed E-state index contributed by atoms with van der Waals surface area (Å²) in [4.78, 5) is 14.9. The summed E-state index contributed by atoms with van der Waals surface area (Å²) in [5.41, 5.74) is 3.20. The smallest absolute Gasteiger partial charge is 0.251 e. The highest BCUT2D eigenvalue weighted by Gasteiger charge is 2.11. The maximum absolute atomic E-state index is 12.5. The molecule has 28 heavy (non-hydrogen) atoms. The Morgan fingerprint density at radius 1 is 1.00 bits per heavy atom. The van der Waals surface area contributed by atoms with Crippen LogP contribution >= 0.6 is 0 Å². The second-order valence-electron chi connectivity index (χ2n) is 7.62. The lowest BCUT2D eigenvalue weighted by Gasteiger charge is -2.24. The number of nitrogens with one attached hydrogen (secondary N) is 1. The van der Waals surface area contributed by atoms with Crippen molar-refractivity contribution in [2.75, 3.05) is 13.7 Å². The van der Waals surface area contributed by atoms with Crippen LogP contribution < -0.4 is 10.1 Å². The number of carbonyl (C=O) groups excluding carboxylic acids is 1. The van der Waals surface area contributed by atoms with Gasteiger partial charge in [-0.25, -0.2) is 0 Å². The van der Waals surface area contributed by atoms with E-state index in [-0.39, 0.29) is 11.9 Å². The number of methoxy groups -OCH3 is 1. The summed E-state index contributed by atoms with van der Waals surface area (Å²) in [7, 11) is 1.67. The van der Waals surface area contributed by atoms with Gasteiger partial charge >= 0.3 is 0 Å². The first-order valence-electron chi connectivity index (χ1n) is 10.2. The number of ether oxygens (including phenoxy) is 1. The zero-order valence-electron chi connectivity index (χ0n) is 17.9. The molecule has 1 atom stereocenters. The minimum atomic E-state index is -0.00927. The van der Waals surface area contributed by atoms with Crippen LogP contribution in [0.2, 0.25) is 0 Å². The Kier molecular flexibility index (Phi) is 8.52. The van der Waals surface area contributed by atoms with Crippen LogP contribution in [-0.2, 0) is 13.0 Å². The summed E-state index contributed by atoms with van der Waals surface area (Å²) in [6.45, 7) is 10.6. The third kappa shape index (κ3) is 6.68. The molecule has 0 aliphatic heterocycles. The van der Waals surface area contributed by atoms with Crippen molar-refractivity contribution in [3.05, 3.63) is 65.2 Å². The van der Waals surface area contributed by atoms with Gasteiger partial charge in [-0.2, -0.15) is 0 Å². The first-order valence-corrected chi connectivity index (χ1v) is 10.2. The molecule has 0 fully saturated rings. The normalized spacial score (nSPS) is 12.2. The monoisotopic (exact) mass is 382 g/mol. The van der Waals surface area contributed by atoms with Crippen LogP contribution in [0.15, 0.2) is 48.5 Å². The van der Waals surface area contributed by atoms with Gasteiger partial charge in [0, 0.05) is 24.2 Å². The van der Waals surface area contributed by atoms with E-state index in [9.17, 15) is 4.79 Å². The van der Waals surface area contributed by atoms with Crippen molar-refractivity contribution in [1.82, 2.24) is 10.2 Å². The van der Waals surface area contributed by atoms with E-state index < -0.39 is 0 Å². The molecular formula is C24H34N2O2. The number of hydrogen-bond acceptors (Lipinski definition) is 3. The molecule has 2 rings (SSSR count). The predicted octanol–water partition coefficient (Wildman–Crippen LogP) is 4.68. The molecule has 152 valence electrons. The van der Waals surface area contributed by atoms with Gasteiger partial charge in [0.1, 0.15) is 5.75 Å². The number of aryl methyl sites for hydroxylation is 1. The molecule has 0 saturated heterocycles. The van der Waals surface area contributed by atoms with E-state index in [0.717, 1.165) is 31.7 Å². The van der Waals surface area contributed by atoms with Crippen molar-refractivity contribution >= 4 is 5.91 Å². The highest BCUT2D eigenvalue weighted by molar-refractivity contribution is 5.94. The summed E-state index contributed by atoms with van der Waals surface area (Å²) < 4.78 is 5.18. The first kappa shape index (κ1) is 22.0. The quantitative estimate of drug-likeness (QED) is 0.649. The maximum Gasteiger partial charge on any atom is 0.251 e. The Balaban J connectivity index is 1.84. The largest absolute Gasteiger partial charge is 0.497 e. The van der Waals surface area contributed by atoms with Gasteiger partial charge in [-0.1, -0.05) is 31.2 Å². The fourth-order valence-corrected chi connectivity index (χ4v) is 3.21. The Hall–Kier alpha value is -2.33. The SMILES string of the molecule is CCN(Cc1ccc(C(=O)NC(C)CCc2ccc(OC)cc2)cc1)C(C)C. The van der Waals surface area contributed by atoms with Crippen molar-refractivity contribution in [3.63, 3.8) is 0 Å². The van der Waals surface area contributed by atoms with E-state index in [1.54, 1.807) is 7.11 Å². The summed E-state index contributed by atoms with van der Waals surface area (Å²) in [6.07, 6.45) is 1.82. The molecule has 1 N–H and O–H groups in total. The number of amides is 1. The van der Waals surface area contributed by atoms with Crippen molar-refractivity contribution in [3.8, 4) is 5.75 Å². The molecule has 1 amide bonds. The molecule has 4 heteroatoms. The molecule has 0 aliphatic carbocycles. The molecule has 0 aliphatic rings. The summed E-state index contributed by atoms with van der Waals surface area (Å²) in [6, 6.07) is 16.7. The van der Waals surface area contributed by atoms with Gasteiger partial charge in [-0.15, -0.1) is 0 Å². The molecule has 0 spiro atoms. The van der Waals surface area contributed by atoms with Crippen molar-refractivity contribution in [1.29, 1.82) is 0 Å². The van der Waals surface area contributed by atoms with E-state index >= 15 is 0 Å². The molecule has 0 aromatic heterocycles. The number of benzene rings is 2. The Bertz CT molecular complexity index is 723. The Labute approximate surface area is 169 Å². The minimum absolute atomic E-state index is 0.00927. The summed E-state index contributed by atoms with van der Waals surface area (Å²) in [5, 5.41) is 3.10. The van der Waals surface area contributed by atoms with Gasteiger partial charge in [-0.3, -0.25) is 9.69 Å². The van der Waals surface area contributed by atoms with Crippen LogP contribution in [0.1, 0.15) is 55.6 Å². The number of nitrogens with zero attached hydrogens (tertiary/aromatic N) is 1. The van der Waals surface area contributed by atoms with Gasteiger partial charge in [0.25, 0.3) is 5.91 Å². The van der Waals surface area contributed by atoms with Gasteiger partial charge < -0.3 is 10.1 Å². The van der Waals surface area contributed by atoms with Gasteiger partial charge in [0.05, 0.1) is 7.11 Å². The second-order valence-corrected chi connectivity index (χ2v) is 7.62. The highest BCUT2D eigenvalue weighted by atomic mass is 16.5. The van der Waals surface area contributed by atoms with E-state index in [1.807, 2.05) is 24.3 Å². The lowest BCUT2D eigenvalue weighted by Crippen LogP contribution is -2.33. The number of hydrogen-bond donors (Lipinski definition) is 1. The molecule has 0 radical (unpaired) electrons. The van der Waals surface area contributed by atoms with Crippen LogP contribution in [0.3, 0.4) is 0 Å². The standard InChI is InChI=1S/C24H34N2O2/c1-6-26(18(2)3)17-21-9-13-22(14-10-21)24(27)25-19(4)7-8-20-11-15-23(28-5)16-12-20/h9-16,18-19H,6-8,17H2,1-5H3,(H,25,27). The topological polar surface area (TPSA) is 41.6 Å². The molecule has 1 unspecified atom stereocenters. The second kappa shape index (κ2) is 10.9. The Morgan fingerprint density at radius 2 is 1.61 bits per heavy atom. The van der Waals surface area contributed by atoms with Crippen molar-refractivity contribution < 1.29 is 9.53 Å². The third-order valence-corrected chi connectivity index (χ3v) is 5.14. The fourth-order valence-electron chi connectivity index (χ4n) is 3.21.